The van der Waals surface area contributed by atoms with Gasteiger partial charge in [0.2, 0.25) is 11.8 Å². The molecule has 0 spiro atoms. The topological polar surface area (TPSA) is 63.4 Å². The normalized spacial score (nSPS) is 19.8. The van der Waals surface area contributed by atoms with Gasteiger partial charge in [0.15, 0.2) is 0 Å². The first kappa shape index (κ1) is 15.7. The van der Waals surface area contributed by atoms with E-state index in [4.69, 9.17) is 5.73 Å². The molecule has 0 bridgehead atoms. The molecular formula is C17H24N2O2. The fraction of sp³-hybridized carbons (Fsp3) is 0.529. The van der Waals surface area contributed by atoms with E-state index >= 15 is 0 Å². The van der Waals surface area contributed by atoms with Gasteiger partial charge in [-0.05, 0) is 30.4 Å². The predicted octanol–water partition coefficient (Wildman–Crippen LogP) is 2.48. The number of piperidine rings is 1. The van der Waals surface area contributed by atoms with Crippen molar-refractivity contribution in [1.29, 1.82) is 0 Å². The van der Waals surface area contributed by atoms with Crippen molar-refractivity contribution in [3.8, 4) is 0 Å². The minimum atomic E-state index is -0.334. The Morgan fingerprint density at radius 2 is 1.76 bits per heavy atom. The van der Waals surface area contributed by atoms with Gasteiger partial charge in [0.25, 0.3) is 0 Å². The third kappa shape index (κ3) is 3.50. The van der Waals surface area contributed by atoms with E-state index in [0.29, 0.717) is 12.8 Å². The van der Waals surface area contributed by atoms with E-state index in [-0.39, 0.29) is 29.8 Å². The first-order valence-electron chi connectivity index (χ1n) is 7.35. The number of imide groups is 1. The number of hydrogen-bond donors (Lipinski definition) is 1. The van der Waals surface area contributed by atoms with Crippen molar-refractivity contribution >= 4 is 11.8 Å². The Bertz CT molecular complexity index is 558. The minimum Gasteiger partial charge on any atom is -0.322 e. The SMILES string of the molecule is Cc1ccc(C(N)CN2C(=O)CC(C)(C)CC2=O)c(C)c1. The van der Waals surface area contributed by atoms with Crippen LogP contribution in [0.25, 0.3) is 0 Å². The van der Waals surface area contributed by atoms with Crippen LogP contribution in [-0.4, -0.2) is 23.3 Å². The number of aryl methyl sites for hydroxylation is 2. The maximum atomic E-state index is 12.2. The average Bonchev–Trinajstić information content (AvgIpc) is 2.32. The number of hydrogen-bond acceptors (Lipinski definition) is 3. The Kier molecular flexibility index (Phi) is 4.19. The van der Waals surface area contributed by atoms with Gasteiger partial charge in [0.05, 0.1) is 0 Å². The highest BCUT2D eigenvalue weighted by molar-refractivity contribution is 5.98. The quantitative estimate of drug-likeness (QED) is 0.869. The molecule has 0 aliphatic carbocycles. The molecule has 114 valence electrons. The number of carbonyl (C=O) groups is 2. The van der Waals surface area contributed by atoms with E-state index < -0.39 is 0 Å². The molecule has 1 fully saturated rings. The zero-order chi connectivity index (χ0) is 15.8. The Morgan fingerprint density at radius 3 is 2.29 bits per heavy atom. The summed E-state index contributed by atoms with van der Waals surface area (Å²) in [6, 6.07) is 5.72. The number of benzene rings is 1. The predicted molar refractivity (Wildman–Crippen MR) is 82.6 cm³/mol. The molecule has 21 heavy (non-hydrogen) atoms. The summed E-state index contributed by atoms with van der Waals surface area (Å²) < 4.78 is 0. The standard InChI is InChI=1S/C17H24N2O2/c1-11-5-6-13(12(2)7-11)14(18)10-19-15(20)8-17(3,4)9-16(19)21/h5-7,14H,8-10,18H2,1-4H3. The lowest BCUT2D eigenvalue weighted by molar-refractivity contribution is -0.152. The van der Waals surface area contributed by atoms with Crippen LogP contribution < -0.4 is 5.73 Å². The van der Waals surface area contributed by atoms with Gasteiger partial charge >= 0.3 is 0 Å². The number of nitrogens with zero attached hydrogens (tertiary/aromatic N) is 1. The van der Waals surface area contributed by atoms with Crippen molar-refractivity contribution in [3.63, 3.8) is 0 Å². The third-order valence-corrected chi connectivity index (χ3v) is 4.07. The summed E-state index contributed by atoms with van der Waals surface area (Å²) in [5.74, 6) is -0.229. The molecular weight excluding hydrogens is 264 g/mol. The van der Waals surface area contributed by atoms with Gasteiger partial charge in [-0.25, -0.2) is 0 Å². The third-order valence-electron chi connectivity index (χ3n) is 4.07. The van der Waals surface area contributed by atoms with Crippen molar-refractivity contribution in [2.24, 2.45) is 11.1 Å². The largest absolute Gasteiger partial charge is 0.322 e. The molecule has 1 unspecified atom stereocenters. The first-order chi connectivity index (χ1) is 9.69. The van der Waals surface area contributed by atoms with Crippen molar-refractivity contribution in [1.82, 2.24) is 4.90 Å². The van der Waals surface area contributed by atoms with Crippen LogP contribution in [0.5, 0.6) is 0 Å². The second kappa shape index (κ2) is 5.60. The summed E-state index contributed by atoms with van der Waals surface area (Å²) in [7, 11) is 0. The van der Waals surface area contributed by atoms with Gasteiger partial charge in [-0.2, -0.15) is 0 Å². The van der Waals surface area contributed by atoms with Crippen LogP contribution in [0.15, 0.2) is 18.2 Å². The molecule has 1 atom stereocenters. The van der Waals surface area contributed by atoms with Crippen LogP contribution in [0, 0.1) is 19.3 Å². The van der Waals surface area contributed by atoms with Crippen LogP contribution >= 0.6 is 0 Å². The highest BCUT2D eigenvalue weighted by Gasteiger charge is 2.37. The molecule has 0 aromatic heterocycles. The lowest BCUT2D eigenvalue weighted by Crippen LogP contribution is -2.48. The molecule has 1 aromatic rings. The lowest BCUT2D eigenvalue weighted by Gasteiger charge is -2.36. The Morgan fingerprint density at radius 1 is 1.19 bits per heavy atom. The molecule has 1 aromatic carbocycles. The van der Waals surface area contributed by atoms with Crippen LogP contribution in [0.2, 0.25) is 0 Å². The van der Waals surface area contributed by atoms with Gasteiger partial charge in [-0.3, -0.25) is 14.5 Å². The summed E-state index contributed by atoms with van der Waals surface area (Å²) in [4.78, 5) is 25.7. The zero-order valence-electron chi connectivity index (χ0n) is 13.3. The van der Waals surface area contributed by atoms with Gasteiger partial charge < -0.3 is 5.73 Å². The number of amides is 2. The second-order valence-corrected chi connectivity index (χ2v) is 6.88. The molecule has 2 N–H and O–H groups in total. The Balaban J connectivity index is 2.14. The molecule has 1 saturated heterocycles. The maximum absolute atomic E-state index is 12.2. The molecule has 4 nitrogen and oxygen atoms in total. The average molecular weight is 288 g/mol. The Hall–Kier alpha value is -1.68. The number of likely N-dealkylation sites (tertiary alicyclic amines) is 1. The van der Waals surface area contributed by atoms with Crippen molar-refractivity contribution in [3.05, 3.63) is 34.9 Å². The van der Waals surface area contributed by atoms with Crippen molar-refractivity contribution in [2.75, 3.05) is 6.54 Å². The van der Waals surface area contributed by atoms with E-state index in [0.717, 1.165) is 11.1 Å². The van der Waals surface area contributed by atoms with E-state index in [1.807, 2.05) is 39.8 Å². The lowest BCUT2D eigenvalue weighted by atomic mass is 9.81. The number of nitrogens with two attached hydrogens (primary N) is 1. The van der Waals surface area contributed by atoms with Crippen LogP contribution in [0.3, 0.4) is 0 Å². The molecule has 4 heteroatoms. The van der Waals surface area contributed by atoms with E-state index in [9.17, 15) is 9.59 Å². The van der Waals surface area contributed by atoms with Crippen LogP contribution in [0.1, 0.15) is 49.4 Å². The van der Waals surface area contributed by atoms with Gasteiger partial charge in [-0.15, -0.1) is 0 Å². The monoisotopic (exact) mass is 288 g/mol. The molecule has 2 amide bonds. The fourth-order valence-corrected chi connectivity index (χ4v) is 2.95. The fourth-order valence-electron chi connectivity index (χ4n) is 2.95. The highest BCUT2D eigenvalue weighted by atomic mass is 16.2. The van der Waals surface area contributed by atoms with E-state index in [1.165, 1.54) is 10.5 Å². The van der Waals surface area contributed by atoms with E-state index in [1.54, 1.807) is 0 Å². The zero-order valence-corrected chi connectivity index (χ0v) is 13.3. The summed E-state index contributed by atoms with van der Waals surface area (Å²) in [5, 5.41) is 0. The van der Waals surface area contributed by atoms with Crippen LogP contribution in [-0.2, 0) is 9.59 Å². The molecule has 1 aliphatic heterocycles. The molecule has 0 radical (unpaired) electrons. The molecule has 1 aliphatic rings. The van der Waals surface area contributed by atoms with Crippen LogP contribution in [0.4, 0.5) is 0 Å². The van der Waals surface area contributed by atoms with Gasteiger partial charge in [0, 0.05) is 25.4 Å². The van der Waals surface area contributed by atoms with Crippen molar-refractivity contribution in [2.45, 2.75) is 46.6 Å². The number of carbonyl (C=O) groups excluding carboxylic acids is 2. The molecule has 2 rings (SSSR count). The maximum Gasteiger partial charge on any atom is 0.229 e. The first-order valence-corrected chi connectivity index (χ1v) is 7.35. The minimum absolute atomic E-state index is 0.114. The van der Waals surface area contributed by atoms with Crippen molar-refractivity contribution < 1.29 is 9.59 Å². The van der Waals surface area contributed by atoms with E-state index in [2.05, 4.69) is 6.07 Å². The summed E-state index contributed by atoms with van der Waals surface area (Å²) in [6.07, 6.45) is 0.802. The summed E-state index contributed by atoms with van der Waals surface area (Å²) in [6.45, 7) is 8.19. The molecule has 0 saturated carbocycles. The molecule has 1 heterocycles. The Labute approximate surface area is 126 Å². The number of rotatable bonds is 3. The summed E-state index contributed by atoms with van der Waals surface area (Å²) in [5.41, 5.74) is 9.25. The summed E-state index contributed by atoms with van der Waals surface area (Å²) >= 11 is 0. The van der Waals surface area contributed by atoms with Gasteiger partial charge in [0.1, 0.15) is 0 Å². The van der Waals surface area contributed by atoms with Gasteiger partial charge in [-0.1, -0.05) is 37.6 Å². The second-order valence-electron chi connectivity index (χ2n) is 6.88. The highest BCUT2D eigenvalue weighted by Crippen LogP contribution is 2.32. The smallest absolute Gasteiger partial charge is 0.229 e.